The van der Waals surface area contributed by atoms with Crippen LogP contribution in [0.5, 0.6) is 5.75 Å². The molecule has 0 radical (unpaired) electrons. The fourth-order valence-corrected chi connectivity index (χ4v) is 3.97. The van der Waals surface area contributed by atoms with Crippen LogP contribution in [0.15, 0.2) is 54.9 Å². The molecule has 160 valence electrons. The molecule has 1 unspecified atom stereocenters. The first kappa shape index (κ1) is 21.1. The SMILES string of the molecule is COc1ccc(-c2cc(N3CCCC(C(=O)Nc4cc(Cl)ccc4C)C3)ncn2)cc1. The zero-order valence-corrected chi connectivity index (χ0v) is 18.4. The molecule has 7 heteroatoms. The predicted molar refractivity (Wildman–Crippen MR) is 124 cm³/mol. The largest absolute Gasteiger partial charge is 0.497 e. The van der Waals surface area contributed by atoms with E-state index in [0.29, 0.717) is 11.6 Å². The van der Waals surface area contributed by atoms with Crippen LogP contribution in [0.4, 0.5) is 11.5 Å². The first-order chi connectivity index (χ1) is 15.0. The Labute approximate surface area is 187 Å². The number of carbonyl (C=O) groups excluding carboxylic acids is 1. The molecule has 1 saturated heterocycles. The van der Waals surface area contributed by atoms with Gasteiger partial charge in [-0.15, -0.1) is 0 Å². The number of piperidine rings is 1. The monoisotopic (exact) mass is 436 g/mol. The van der Waals surface area contributed by atoms with Crippen molar-refractivity contribution in [3.05, 3.63) is 65.4 Å². The Morgan fingerprint density at radius 2 is 1.97 bits per heavy atom. The Balaban J connectivity index is 1.48. The summed E-state index contributed by atoms with van der Waals surface area (Å²) in [6.45, 7) is 3.43. The van der Waals surface area contributed by atoms with Gasteiger partial charge < -0.3 is 15.0 Å². The average Bonchev–Trinajstić information content (AvgIpc) is 2.81. The third kappa shape index (κ3) is 4.97. The molecule has 1 atom stereocenters. The van der Waals surface area contributed by atoms with Gasteiger partial charge in [-0.3, -0.25) is 4.79 Å². The van der Waals surface area contributed by atoms with E-state index in [2.05, 4.69) is 20.2 Å². The number of anilines is 2. The lowest BCUT2D eigenvalue weighted by Crippen LogP contribution is -2.41. The Morgan fingerprint density at radius 3 is 2.74 bits per heavy atom. The zero-order chi connectivity index (χ0) is 21.8. The Morgan fingerprint density at radius 1 is 1.16 bits per heavy atom. The fourth-order valence-electron chi connectivity index (χ4n) is 3.80. The summed E-state index contributed by atoms with van der Waals surface area (Å²) >= 11 is 6.09. The van der Waals surface area contributed by atoms with Crippen molar-refractivity contribution < 1.29 is 9.53 Å². The van der Waals surface area contributed by atoms with Crippen LogP contribution in [0, 0.1) is 12.8 Å². The van der Waals surface area contributed by atoms with E-state index in [1.807, 2.05) is 49.4 Å². The number of benzene rings is 2. The van der Waals surface area contributed by atoms with Gasteiger partial charge in [-0.2, -0.15) is 0 Å². The number of amides is 1. The maximum Gasteiger partial charge on any atom is 0.229 e. The second-order valence-electron chi connectivity index (χ2n) is 7.72. The molecular formula is C24H25ClN4O2. The lowest BCUT2D eigenvalue weighted by atomic mass is 9.96. The van der Waals surface area contributed by atoms with E-state index in [-0.39, 0.29) is 11.8 Å². The molecule has 0 spiro atoms. The highest BCUT2D eigenvalue weighted by molar-refractivity contribution is 6.31. The van der Waals surface area contributed by atoms with Crippen LogP contribution in [-0.2, 0) is 4.79 Å². The van der Waals surface area contributed by atoms with Gasteiger partial charge in [0.15, 0.2) is 0 Å². The first-order valence-corrected chi connectivity index (χ1v) is 10.7. The van der Waals surface area contributed by atoms with Crippen LogP contribution in [0.2, 0.25) is 5.02 Å². The summed E-state index contributed by atoms with van der Waals surface area (Å²) in [5.74, 6) is 1.53. The van der Waals surface area contributed by atoms with Crippen LogP contribution in [0.1, 0.15) is 18.4 Å². The maximum absolute atomic E-state index is 12.9. The number of nitrogens with zero attached hydrogens (tertiary/aromatic N) is 3. The highest BCUT2D eigenvalue weighted by Gasteiger charge is 2.27. The number of aromatic nitrogens is 2. The molecule has 1 N–H and O–H groups in total. The van der Waals surface area contributed by atoms with E-state index in [4.69, 9.17) is 16.3 Å². The van der Waals surface area contributed by atoms with E-state index < -0.39 is 0 Å². The molecular weight excluding hydrogens is 412 g/mol. The maximum atomic E-state index is 12.9. The molecule has 0 saturated carbocycles. The van der Waals surface area contributed by atoms with Crippen molar-refractivity contribution in [2.45, 2.75) is 19.8 Å². The van der Waals surface area contributed by atoms with Gasteiger partial charge in [0.05, 0.1) is 18.7 Å². The van der Waals surface area contributed by atoms with Gasteiger partial charge >= 0.3 is 0 Å². The smallest absolute Gasteiger partial charge is 0.229 e. The van der Waals surface area contributed by atoms with Gasteiger partial charge in [0.2, 0.25) is 5.91 Å². The lowest BCUT2D eigenvalue weighted by Gasteiger charge is -2.33. The van der Waals surface area contributed by atoms with Gasteiger partial charge in [0.1, 0.15) is 17.9 Å². The predicted octanol–water partition coefficient (Wildman–Crippen LogP) is 4.97. The topological polar surface area (TPSA) is 67.3 Å². The number of carbonyl (C=O) groups is 1. The van der Waals surface area contributed by atoms with Gasteiger partial charge in [-0.1, -0.05) is 17.7 Å². The molecule has 31 heavy (non-hydrogen) atoms. The van der Waals surface area contributed by atoms with Crippen molar-refractivity contribution in [1.29, 1.82) is 0 Å². The van der Waals surface area contributed by atoms with E-state index in [1.165, 1.54) is 0 Å². The summed E-state index contributed by atoms with van der Waals surface area (Å²) in [6, 6.07) is 15.3. The average molecular weight is 437 g/mol. The molecule has 2 aromatic carbocycles. The summed E-state index contributed by atoms with van der Waals surface area (Å²) in [7, 11) is 1.65. The number of rotatable bonds is 5. The molecule has 1 aliphatic heterocycles. The van der Waals surface area contributed by atoms with E-state index in [1.54, 1.807) is 19.5 Å². The van der Waals surface area contributed by atoms with Gasteiger partial charge in [0.25, 0.3) is 0 Å². The van der Waals surface area contributed by atoms with Crippen molar-refractivity contribution >= 4 is 29.0 Å². The normalized spacial score (nSPS) is 16.1. The summed E-state index contributed by atoms with van der Waals surface area (Å²) in [5, 5.41) is 3.66. The molecule has 0 bridgehead atoms. The number of halogens is 1. The molecule has 1 amide bonds. The van der Waals surface area contributed by atoms with Crippen LogP contribution in [0.25, 0.3) is 11.3 Å². The van der Waals surface area contributed by atoms with Gasteiger partial charge in [-0.25, -0.2) is 9.97 Å². The number of hydrogen-bond donors (Lipinski definition) is 1. The minimum Gasteiger partial charge on any atom is -0.497 e. The Kier molecular flexibility index (Phi) is 6.37. The van der Waals surface area contributed by atoms with Crippen molar-refractivity contribution in [3.8, 4) is 17.0 Å². The number of aryl methyl sites for hydroxylation is 1. The van der Waals surface area contributed by atoms with Crippen molar-refractivity contribution in [2.75, 3.05) is 30.4 Å². The number of methoxy groups -OCH3 is 1. The quantitative estimate of drug-likeness (QED) is 0.611. The summed E-state index contributed by atoms with van der Waals surface area (Å²) in [5.41, 5.74) is 3.59. The molecule has 1 fully saturated rings. The highest BCUT2D eigenvalue weighted by atomic mass is 35.5. The zero-order valence-electron chi connectivity index (χ0n) is 17.6. The molecule has 6 nitrogen and oxygen atoms in total. The van der Waals surface area contributed by atoms with Crippen molar-refractivity contribution in [3.63, 3.8) is 0 Å². The van der Waals surface area contributed by atoms with Crippen LogP contribution in [-0.4, -0.2) is 36.1 Å². The van der Waals surface area contributed by atoms with Crippen molar-refractivity contribution in [1.82, 2.24) is 9.97 Å². The summed E-state index contributed by atoms with van der Waals surface area (Å²) in [4.78, 5) is 24.0. The molecule has 2 heterocycles. The third-order valence-electron chi connectivity index (χ3n) is 5.61. The van der Waals surface area contributed by atoms with Crippen LogP contribution < -0.4 is 15.0 Å². The second-order valence-corrected chi connectivity index (χ2v) is 8.16. The molecule has 3 aromatic rings. The minimum absolute atomic E-state index is 0.0134. The number of ether oxygens (including phenoxy) is 1. The molecule has 0 aliphatic carbocycles. The molecule has 1 aromatic heterocycles. The first-order valence-electron chi connectivity index (χ1n) is 10.3. The highest BCUT2D eigenvalue weighted by Crippen LogP contribution is 2.27. The van der Waals surface area contributed by atoms with E-state index in [0.717, 1.165) is 53.5 Å². The summed E-state index contributed by atoms with van der Waals surface area (Å²) < 4.78 is 5.23. The minimum atomic E-state index is -0.119. The van der Waals surface area contributed by atoms with E-state index >= 15 is 0 Å². The van der Waals surface area contributed by atoms with Gasteiger partial charge in [0, 0.05) is 35.4 Å². The van der Waals surface area contributed by atoms with E-state index in [9.17, 15) is 4.79 Å². The van der Waals surface area contributed by atoms with Crippen molar-refractivity contribution in [2.24, 2.45) is 5.92 Å². The Bertz CT molecular complexity index is 1070. The van der Waals surface area contributed by atoms with Crippen LogP contribution >= 0.6 is 11.6 Å². The fraction of sp³-hybridized carbons (Fsp3) is 0.292. The summed E-state index contributed by atoms with van der Waals surface area (Å²) in [6.07, 6.45) is 3.35. The number of hydrogen-bond acceptors (Lipinski definition) is 5. The third-order valence-corrected chi connectivity index (χ3v) is 5.85. The van der Waals surface area contributed by atoms with Gasteiger partial charge in [-0.05, 0) is 61.7 Å². The lowest BCUT2D eigenvalue weighted by molar-refractivity contribution is -0.120. The molecule has 4 rings (SSSR count). The number of nitrogens with one attached hydrogen (secondary N) is 1. The standard InChI is InChI=1S/C24H25ClN4O2/c1-16-5-8-19(25)12-21(16)28-24(30)18-4-3-11-29(14-18)23-13-22(26-15-27-23)17-6-9-20(31-2)10-7-17/h5-10,12-13,15,18H,3-4,11,14H2,1-2H3,(H,28,30). The second kappa shape index (κ2) is 9.35. The molecule has 1 aliphatic rings. The van der Waals surface area contributed by atoms with Crippen LogP contribution in [0.3, 0.4) is 0 Å². The Hall–Kier alpha value is -3.12.